The number of hydrogen-bond acceptors (Lipinski definition) is 4. The highest BCUT2D eigenvalue weighted by Gasteiger charge is 2.08. The number of carboxylic acid groups (broad SMARTS) is 1. The number of rotatable bonds is 3. The third-order valence-electron chi connectivity index (χ3n) is 1.66. The van der Waals surface area contributed by atoms with Crippen molar-refractivity contribution in [3.8, 4) is 11.5 Å². The Morgan fingerprint density at radius 3 is 3.14 bits per heavy atom. The summed E-state index contributed by atoms with van der Waals surface area (Å²) in [5, 5.41) is 15.0. The SMILES string of the molecule is O=C(O)Cc1cc(-c2cnco2)n[nH]1. The van der Waals surface area contributed by atoms with Gasteiger partial charge in [-0.3, -0.25) is 9.89 Å². The molecule has 72 valence electrons. The van der Waals surface area contributed by atoms with Gasteiger partial charge in [0.15, 0.2) is 12.2 Å². The highest BCUT2D eigenvalue weighted by molar-refractivity contribution is 5.70. The summed E-state index contributed by atoms with van der Waals surface area (Å²) in [5.41, 5.74) is 1.09. The van der Waals surface area contributed by atoms with Crippen molar-refractivity contribution in [3.05, 3.63) is 24.4 Å². The lowest BCUT2D eigenvalue weighted by Crippen LogP contribution is -1.99. The van der Waals surface area contributed by atoms with Gasteiger partial charge in [0, 0.05) is 5.69 Å². The van der Waals surface area contributed by atoms with Gasteiger partial charge < -0.3 is 9.52 Å². The zero-order chi connectivity index (χ0) is 9.97. The molecule has 0 bridgehead atoms. The summed E-state index contributed by atoms with van der Waals surface area (Å²) in [6.07, 6.45) is 2.72. The maximum absolute atomic E-state index is 10.4. The fourth-order valence-corrected chi connectivity index (χ4v) is 1.08. The van der Waals surface area contributed by atoms with Crippen molar-refractivity contribution in [2.75, 3.05) is 0 Å². The third kappa shape index (κ3) is 1.63. The maximum atomic E-state index is 10.4. The number of carboxylic acids is 1. The van der Waals surface area contributed by atoms with Gasteiger partial charge in [0.05, 0.1) is 12.6 Å². The summed E-state index contributed by atoms with van der Waals surface area (Å²) in [7, 11) is 0. The van der Waals surface area contributed by atoms with Gasteiger partial charge in [-0.1, -0.05) is 0 Å². The quantitative estimate of drug-likeness (QED) is 0.748. The number of aromatic nitrogens is 3. The molecule has 0 aliphatic heterocycles. The smallest absolute Gasteiger partial charge is 0.309 e. The predicted molar refractivity (Wildman–Crippen MR) is 45.4 cm³/mol. The van der Waals surface area contributed by atoms with Gasteiger partial charge in [0.2, 0.25) is 0 Å². The van der Waals surface area contributed by atoms with Gasteiger partial charge in [-0.2, -0.15) is 5.10 Å². The van der Waals surface area contributed by atoms with Crippen LogP contribution in [0.3, 0.4) is 0 Å². The summed E-state index contributed by atoms with van der Waals surface area (Å²) in [5.74, 6) is -0.393. The Labute approximate surface area is 78.6 Å². The second-order valence-corrected chi connectivity index (χ2v) is 2.71. The monoisotopic (exact) mass is 193 g/mol. The van der Waals surface area contributed by atoms with Crippen molar-refractivity contribution in [1.29, 1.82) is 0 Å². The number of aliphatic carboxylic acids is 1. The van der Waals surface area contributed by atoms with Crippen molar-refractivity contribution in [3.63, 3.8) is 0 Å². The van der Waals surface area contributed by atoms with E-state index in [1.165, 1.54) is 12.6 Å². The zero-order valence-electron chi connectivity index (χ0n) is 7.10. The van der Waals surface area contributed by atoms with E-state index in [9.17, 15) is 4.79 Å². The summed E-state index contributed by atoms with van der Waals surface area (Å²) < 4.78 is 5.00. The predicted octanol–water partition coefficient (Wildman–Crippen LogP) is 0.692. The molecule has 0 aromatic carbocycles. The van der Waals surface area contributed by atoms with E-state index in [0.717, 1.165) is 0 Å². The highest BCUT2D eigenvalue weighted by Crippen LogP contribution is 2.16. The second kappa shape index (κ2) is 3.33. The largest absolute Gasteiger partial charge is 0.481 e. The van der Waals surface area contributed by atoms with E-state index in [-0.39, 0.29) is 6.42 Å². The zero-order valence-corrected chi connectivity index (χ0v) is 7.10. The molecule has 2 aromatic heterocycles. The minimum absolute atomic E-state index is 0.0822. The van der Waals surface area contributed by atoms with E-state index >= 15 is 0 Å². The van der Waals surface area contributed by atoms with Gasteiger partial charge >= 0.3 is 5.97 Å². The molecule has 0 radical (unpaired) electrons. The standard InChI is InChI=1S/C8H7N3O3/c12-8(13)2-5-1-6(11-10-5)7-3-9-4-14-7/h1,3-4H,2H2,(H,10,11)(H,12,13). The molecule has 6 heteroatoms. The Morgan fingerprint density at radius 2 is 2.50 bits per heavy atom. The molecule has 0 saturated carbocycles. The minimum atomic E-state index is -0.905. The molecule has 2 rings (SSSR count). The molecule has 0 fully saturated rings. The summed E-state index contributed by atoms with van der Waals surface area (Å²) >= 11 is 0. The number of aromatic amines is 1. The Balaban J connectivity index is 2.22. The van der Waals surface area contributed by atoms with E-state index in [1.54, 1.807) is 6.07 Å². The topological polar surface area (TPSA) is 92.0 Å². The Bertz CT molecular complexity index is 432. The summed E-state index contributed by atoms with van der Waals surface area (Å²) in [6.45, 7) is 0. The van der Waals surface area contributed by atoms with Crippen LogP contribution in [0.4, 0.5) is 0 Å². The fraction of sp³-hybridized carbons (Fsp3) is 0.125. The maximum Gasteiger partial charge on any atom is 0.309 e. The first-order valence-electron chi connectivity index (χ1n) is 3.90. The molecule has 0 amide bonds. The number of nitrogens with zero attached hydrogens (tertiary/aromatic N) is 2. The van der Waals surface area contributed by atoms with E-state index in [2.05, 4.69) is 15.2 Å². The van der Waals surface area contributed by atoms with Crippen LogP contribution in [-0.2, 0) is 11.2 Å². The average Bonchev–Trinajstić information content (AvgIpc) is 2.69. The number of hydrogen-bond donors (Lipinski definition) is 2. The van der Waals surface area contributed by atoms with Gasteiger partial charge in [0.25, 0.3) is 0 Å². The lowest BCUT2D eigenvalue weighted by molar-refractivity contribution is -0.136. The molecule has 6 nitrogen and oxygen atoms in total. The molecule has 0 saturated heterocycles. The van der Waals surface area contributed by atoms with Crippen molar-refractivity contribution in [2.45, 2.75) is 6.42 Å². The molecule has 2 aromatic rings. The van der Waals surface area contributed by atoms with Gasteiger partial charge in [-0.05, 0) is 6.07 Å². The summed E-state index contributed by atoms with van der Waals surface area (Å²) in [6, 6.07) is 1.62. The van der Waals surface area contributed by atoms with Gasteiger partial charge in [-0.25, -0.2) is 4.98 Å². The van der Waals surface area contributed by atoms with Crippen LogP contribution in [0.5, 0.6) is 0 Å². The van der Waals surface area contributed by atoms with Gasteiger partial charge in [0.1, 0.15) is 5.69 Å². The van der Waals surface area contributed by atoms with Crippen molar-refractivity contribution < 1.29 is 14.3 Å². The van der Waals surface area contributed by atoms with Crippen LogP contribution in [0.1, 0.15) is 5.69 Å². The number of carbonyl (C=O) groups is 1. The first-order valence-corrected chi connectivity index (χ1v) is 3.90. The van der Waals surface area contributed by atoms with E-state index in [1.807, 2.05) is 0 Å². The van der Waals surface area contributed by atoms with Crippen LogP contribution in [0.2, 0.25) is 0 Å². The normalized spacial score (nSPS) is 10.3. The first-order chi connectivity index (χ1) is 6.75. The third-order valence-corrected chi connectivity index (χ3v) is 1.66. The van der Waals surface area contributed by atoms with E-state index in [4.69, 9.17) is 9.52 Å². The summed E-state index contributed by atoms with van der Waals surface area (Å²) in [4.78, 5) is 14.1. The van der Waals surface area contributed by atoms with Crippen LogP contribution >= 0.6 is 0 Å². The van der Waals surface area contributed by atoms with Crippen LogP contribution < -0.4 is 0 Å². The molecule has 0 spiro atoms. The Hall–Kier alpha value is -2.11. The molecular weight excluding hydrogens is 186 g/mol. The van der Waals surface area contributed by atoms with Crippen LogP contribution in [-0.4, -0.2) is 26.3 Å². The molecule has 0 atom stereocenters. The van der Waals surface area contributed by atoms with Crippen molar-refractivity contribution in [1.82, 2.24) is 15.2 Å². The van der Waals surface area contributed by atoms with Crippen molar-refractivity contribution in [2.24, 2.45) is 0 Å². The fourth-order valence-electron chi connectivity index (χ4n) is 1.08. The first kappa shape index (κ1) is 8.49. The van der Waals surface area contributed by atoms with Gasteiger partial charge in [-0.15, -0.1) is 0 Å². The molecule has 0 aliphatic carbocycles. The molecule has 0 aliphatic rings. The minimum Gasteiger partial charge on any atom is -0.481 e. The number of H-pyrrole nitrogens is 1. The Kier molecular flexibility index (Phi) is 2.02. The number of nitrogens with one attached hydrogen (secondary N) is 1. The Morgan fingerprint density at radius 1 is 1.64 bits per heavy atom. The second-order valence-electron chi connectivity index (χ2n) is 2.71. The molecule has 14 heavy (non-hydrogen) atoms. The molecular formula is C8H7N3O3. The van der Waals surface area contributed by atoms with Crippen LogP contribution in [0, 0.1) is 0 Å². The molecule has 2 N–H and O–H groups in total. The van der Waals surface area contributed by atoms with Crippen LogP contribution in [0.15, 0.2) is 23.1 Å². The lowest BCUT2D eigenvalue weighted by Gasteiger charge is -1.86. The lowest BCUT2D eigenvalue weighted by atomic mass is 10.2. The van der Waals surface area contributed by atoms with Crippen LogP contribution in [0.25, 0.3) is 11.5 Å². The molecule has 0 unspecified atom stereocenters. The van der Waals surface area contributed by atoms with E-state index < -0.39 is 5.97 Å². The van der Waals surface area contributed by atoms with Crippen molar-refractivity contribution >= 4 is 5.97 Å². The average molecular weight is 193 g/mol. The molecule has 2 heterocycles. The number of oxazole rings is 1. The highest BCUT2D eigenvalue weighted by atomic mass is 16.4. The van der Waals surface area contributed by atoms with E-state index in [0.29, 0.717) is 17.1 Å².